The molecule has 5 heteroatoms. The fraction of sp³-hybridized carbons (Fsp3) is 0.409. The number of fused-ring (bicyclic) bond motifs is 4. The molecule has 2 aromatic rings. The second-order valence-electron chi connectivity index (χ2n) is 8.04. The van der Waals surface area contributed by atoms with Crippen LogP contribution >= 0.6 is 0 Å². The normalized spacial score (nSPS) is 27.5. The Bertz CT molecular complexity index is 874. The highest BCUT2D eigenvalue weighted by Gasteiger charge is 2.52. The van der Waals surface area contributed by atoms with E-state index in [0.29, 0.717) is 5.75 Å². The molecule has 1 N–H and O–H groups in total. The average Bonchev–Trinajstić information content (AvgIpc) is 3.17. The molecule has 1 fully saturated rings. The van der Waals surface area contributed by atoms with E-state index in [1.807, 2.05) is 30.1 Å². The van der Waals surface area contributed by atoms with Crippen LogP contribution in [-0.4, -0.2) is 53.5 Å². The maximum Gasteiger partial charge on any atom is 0.246 e. The number of hydrogen-bond acceptors (Lipinski definition) is 4. The SMILES string of the molecule is CN1CC[C@]2(C)c3cc(O)ccc3CC1[C@@H]2N(C)C(=O)/C=C/c1ccoc1. The van der Waals surface area contributed by atoms with Gasteiger partial charge in [0.1, 0.15) is 5.75 Å². The Balaban J connectivity index is 1.69. The summed E-state index contributed by atoms with van der Waals surface area (Å²) in [6, 6.07) is 7.83. The molecule has 27 heavy (non-hydrogen) atoms. The highest BCUT2D eigenvalue weighted by molar-refractivity contribution is 5.92. The van der Waals surface area contributed by atoms with Gasteiger partial charge in [0, 0.05) is 30.1 Å². The van der Waals surface area contributed by atoms with E-state index in [2.05, 4.69) is 18.9 Å². The zero-order valence-corrected chi connectivity index (χ0v) is 16.1. The summed E-state index contributed by atoms with van der Waals surface area (Å²) in [6.45, 7) is 3.22. The van der Waals surface area contributed by atoms with Crippen LogP contribution in [0.2, 0.25) is 0 Å². The van der Waals surface area contributed by atoms with Crippen LogP contribution in [0.15, 0.2) is 47.3 Å². The number of likely N-dealkylation sites (tertiary alicyclic amines) is 1. The third-order valence-corrected chi connectivity index (χ3v) is 6.43. The zero-order chi connectivity index (χ0) is 19.2. The molecule has 2 heterocycles. The maximum absolute atomic E-state index is 12.9. The highest BCUT2D eigenvalue weighted by Crippen LogP contribution is 2.47. The number of aromatic hydroxyl groups is 1. The first-order valence-corrected chi connectivity index (χ1v) is 9.40. The lowest BCUT2D eigenvalue weighted by molar-refractivity contribution is -0.132. The summed E-state index contributed by atoms with van der Waals surface area (Å²) < 4.78 is 5.06. The van der Waals surface area contributed by atoms with E-state index < -0.39 is 0 Å². The Hall–Kier alpha value is -2.53. The molecular formula is C22H26N2O3. The lowest BCUT2D eigenvalue weighted by Crippen LogP contribution is -2.67. The smallest absolute Gasteiger partial charge is 0.246 e. The first-order chi connectivity index (χ1) is 12.9. The predicted molar refractivity (Wildman–Crippen MR) is 104 cm³/mol. The quantitative estimate of drug-likeness (QED) is 0.849. The number of nitrogens with zero attached hydrogens (tertiary/aromatic N) is 2. The monoisotopic (exact) mass is 366 g/mol. The second-order valence-corrected chi connectivity index (χ2v) is 8.04. The molecule has 0 spiro atoms. The standard InChI is InChI=1S/C22H26N2O3/c1-22-9-10-23(2)19(12-16-5-6-17(25)13-18(16)22)21(22)24(3)20(26)7-4-15-8-11-27-14-15/h4-8,11,13-14,19,21,25H,9-10,12H2,1-3H3/b7-4+/t19?,21-,22+/m0/s1. The summed E-state index contributed by atoms with van der Waals surface area (Å²) in [5.41, 5.74) is 3.14. The van der Waals surface area contributed by atoms with Crippen molar-refractivity contribution in [3.05, 3.63) is 59.6 Å². The molecule has 3 atom stereocenters. The van der Waals surface area contributed by atoms with Crippen molar-refractivity contribution in [2.45, 2.75) is 37.3 Å². The third-order valence-electron chi connectivity index (χ3n) is 6.43. The van der Waals surface area contributed by atoms with Gasteiger partial charge in [0.25, 0.3) is 0 Å². The van der Waals surface area contributed by atoms with Crippen molar-refractivity contribution in [1.29, 1.82) is 0 Å². The first-order valence-electron chi connectivity index (χ1n) is 9.40. The van der Waals surface area contributed by atoms with Crippen molar-refractivity contribution in [3.63, 3.8) is 0 Å². The maximum atomic E-state index is 12.9. The molecular weight excluding hydrogens is 340 g/mol. The van der Waals surface area contributed by atoms with Crippen LogP contribution in [0.25, 0.3) is 6.08 Å². The molecule has 5 nitrogen and oxygen atoms in total. The van der Waals surface area contributed by atoms with E-state index >= 15 is 0 Å². The molecule has 0 saturated carbocycles. The Morgan fingerprint density at radius 2 is 2.22 bits per heavy atom. The molecule has 0 radical (unpaired) electrons. The number of amides is 1. The fourth-order valence-electron chi connectivity index (χ4n) is 4.93. The van der Waals surface area contributed by atoms with Crippen LogP contribution in [0.1, 0.15) is 30.0 Å². The van der Waals surface area contributed by atoms with Gasteiger partial charge >= 0.3 is 0 Å². The van der Waals surface area contributed by atoms with Gasteiger partial charge in [-0.3, -0.25) is 4.79 Å². The molecule has 142 valence electrons. The highest BCUT2D eigenvalue weighted by atomic mass is 16.3. The molecule has 1 aromatic heterocycles. The number of carbonyl (C=O) groups is 1. The second kappa shape index (κ2) is 6.57. The summed E-state index contributed by atoms with van der Waals surface area (Å²) in [7, 11) is 4.03. The third kappa shape index (κ3) is 2.96. The average molecular weight is 366 g/mol. The van der Waals surface area contributed by atoms with Crippen molar-refractivity contribution in [3.8, 4) is 5.75 Å². The Morgan fingerprint density at radius 3 is 2.96 bits per heavy atom. The Labute approximate surface area is 159 Å². The number of likely N-dealkylation sites (N-methyl/N-ethyl adjacent to an activating group) is 2. The minimum absolute atomic E-state index is 0.0173. The fourth-order valence-corrected chi connectivity index (χ4v) is 4.93. The van der Waals surface area contributed by atoms with Crippen molar-refractivity contribution >= 4 is 12.0 Å². The molecule has 1 amide bonds. The lowest BCUT2D eigenvalue weighted by atomic mass is 9.61. The van der Waals surface area contributed by atoms with Crippen molar-refractivity contribution < 1.29 is 14.3 Å². The number of hydrogen-bond donors (Lipinski definition) is 1. The minimum Gasteiger partial charge on any atom is -0.508 e. The van der Waals surface area contributed by atoms with E-state index in [9.17, 15) is 9.90 Å². The Kier molecular flexibility index (Phi) is 4.35. The Morgan fingerprint density at radius 1 is 1.41 bits per heavy atom. The van der Waals surface area contributed by atoms with E-state index in [1.54, 1.807) is 30.7 Å². The van der Waals surface area contributed by atoms with Crippen molar-refractivity contribution in [1.82, 2.24) is 9.80 Å². The topological polar surface area (TPSA) is 56.9 Å². The molecule has 1 unspecified atom stereocenters. The van der Waals surface area contributed by atoms with Crippen LogP contribution in [0.4, 0.5) is 0 Å². The molecule has 1 saturated heterocycles. The zero-order valence-electron chi connectivity index (χ0n) is 16.1. The number of furan rings is 1. The minimum atomic E-state index is -0.183. The molecule has 1 aliphatic heterocycles. The summed E-state index contributed by atoms with van der Waals surface area (Å²) in [6.07, 6.45) is 8.44. The number of phenols is 1. The summed E-state index contributed by atoms with van der Waals surface area (Å²) in [5.74, 6) is 0.274. The van der Waals surface area contributed by atoms with E-state index in [4.69, 9.17) is 4.42 Å². The predicted octanol–water partition coefficient (Wildman–Crippen LogP) is 3.04. The number of rotatable bonds is 3. The van der Waals surface area contributed by atoms with Crippen LogP contribution in [0.3, 0.4) is 0 Å². The van der Waals surface area contributed by atoms with E-state index in [1.165, 1.54) is 11.1 Å². The van der Waals surface area contributed by atoms with Gasteiger partial charge in [-0.2, -0.15) is 0 Å². The van der Waals surface area contributed by atoms with Crippen LogP contribution < -0.4 is 0 Å². The molecule has 2 aliphatic rings. The van der Waals surface area contributed by atoms with Gasteiger partial charge in [-0.1, -0.05) is 13.0 Å². The number of piperidine rings is 1. The van der Waals surface area contributed by atoms with Gasteiger partial charge < -0.3 is 19.3 Å². The molecule has 1 aromatic carbocycles. The van der Waals surface area contributed by atoms with Gasteiger partial charge in [0.05, 0.1) is 18.6 Å². The lowest BCUT2D eigenvalue weighted by Gasteiger charge is -2.57. The van der Waals surface area contributed by atoms with Gasteiger partial charge in [-0.15, -0.1) is 0 Å². The van der Waals surface area contributed by atoms with Gasteiger partial charge in [0.2, 0.25) is 5.91 Å². The van der Waals surface area contributed by atoms with E-state index in [0.717, 1.165) is 24.9 Å². The first kappa shape index (κ1) is 17.9. The summed E-state index contributed by atoms with van der Waals surface area (Å²) in [5, 5.41) is 10.1. The number of benzene rings is 1. The van der Waals surface area contributed by atoms with Crippen LogP contribution in [-0.2, 0) is 16.6 Å². The van der Waals surface area contributed by atoms with Gasteiger partial charge in [-0.05, 0) is 61.8 Å². The van der Waals surface area contributed by atoms with Gasteiger partial charge in [-0.25, -0.2) is 0 Å². The summed E-state index contributed by atoms with van der Waals surface area (Å²) in [4.78, 5) is 17.2. The van der Waals surface area contributed by atoms with Crippen molar-refractivity contribution in [2.24, 2.45) is 0 Å². The number of carbonyl (C=O) groups excluding carboxylic acids is 1. The molecule has 4 rings (SSSR count). The largest absolute Gasteiger partial charge is 0.508 e. The van der Waals surface area contributed by atoms with Crippen molar-refractivity contribution in [2.75, 3.05) is 20.6 Å². The van der Waals surface area contributed by atoms with Gasteiger partial charge in [0.15, 0.2) is 0 Å². The summed E-state index contributed by atoms with van der Waals surface area (Å²) >= 11 is 0. The van der Waals surface area contributed by atoms with Crippen LogP contribution in [0, 0.1) is 0 Å². The molecule has 1 aliphatic carbocycles. The van der Waals surface area contributed by atoms with Crippen LogP contribution in [0.5, 0.6) is 5.75 Å². The van der Waals surface area contributed by atoms with E-state index in [-0.39, 0.29) is 23.4 Å². The number of phenolic OH excluding ortho intramolecular Hbond substituents is 1. The molecule has 2 bridgehead atoms.